The average molecular weight is 512 g/mol. The summed E-state index contributed by atoms with van der Waals surface area (Å²) >= 11 is 12.1. The highest BCUT2D eigenvalue weighted by Gasteiger charge is 2.27. The molecule has 0 aliphatic carbocycles. The maximum atomic E-state index is 13.1. The molecule has 0 saturated carbocycles. The van der Waals surface area contributed by atoms with Crippen LogP contribution >= 0.6 is 23.2 Å². The standard InChI is InChI=1S/C23H27Cl2N3O6/c1-14(2)11-26-23(30)15(3)27(12-16-5-7-18(24)19(25)9-16)22(29)13-34-17-6-8-20(28(31)32)21(10-17)33-4/h5-10,14-15H,11-13H2,1-4H3,(H,26,30)/t15-/m1/s1. The van der Waals surface area contributed by atoms with Crippen LogP contribution in [0.25, 0.3) is 0 Å². The van der Waals surface area contributed by atoms with E-state index in [1.54, 1.807) is 25.1 Å². The summed E-state index contributed by atoms with van der Waals surface area (Å²) in [6.07, 6.45) is 0. The predicted molar refractivity (Wildman–Crippen MR) is 129 cm³/mol. The van der Waals surface area contributed by atoms with E-state index in [4.69, 9.17) is 32.7 Å². The van der Waals surface area contributed by atoms with Crippen LogP contribution in [0.1, 0.15) is 26.3 Å². The molecule has 184 valence electrons. The Bertz CT molecular complexity index is 1050. The Hall–Kier alpha value is -3.04. The van der Waals surface area contributed by atoms with E-state index >= 15 is 0 Å². The topological polar surface area (TPSA) is 111 Å². The smallest absolute Gasteiger partial charge is 0.311 e. The molecule has 11 heteroatoms. The normalized spacial score (nSPS) is 11.6. The van der Waals surface area contributed by atoms with E-state index in [0.717, 1.165) is 0 Å². The molecule has 1 N–H and O–H groups in total. The summed E-state index contributed by atoms with van der Waals surface area (Å²) in [5.41, 5.74) is 0.459. The molecule has 0 aliphatic heterocycles. The predicted octanol–water partition coefficient (Wildman–Crippen LogP) is 4.48. The number of nitrogens with one attached hydrogen (secondary N) is 1. The zero-order valence-corrected chi connectivity index (χ0v) is 20.9. The fraction of sp³-hybridized carbons (Fsp3) is 0.391. The lowest BCUT2D eigenvalue weighted by molar-refractivity contribution is -0.385. The Morgan fingerprint density at radius 1 is 1.12 bits per heavy atom. The molecule has 0 unspecified atom stereocenters. The Labute approximate surface area is 208 Å². The molecule has 0 spiro atoms. The number of ether oxygens (including phenoxy) is 2. The van der Waals surface area contributed by atoms with Gasteiger partial charge in [-0.1, -0.05) is 43.1 Å². The third-order valence-corrected chi connectivity index (χ3v) is 5.64. The first-order valence-electron chi connectivity index (χ1n) is 10.5. The summed E-state index contributed by atoms with van der Waals surface area (Å²) in [5, 5.41) is 14.6. The number of nitro benzene ring substituents is 1. The number of carbonyl (C=O) groups excluding carboxylic acids is 2. The molecular formula is C23H27Cl2N3O6. The number of nitrogens with zero attached hydrogens (tertiary/aromatic N) is 2. The van der Waals surface area contributed by atoms with Crippen LogP contribution in [-0.2, 0) is 16.1 Å². The molecule has 0 fully saturated rings. The van der Waals surface area contributed by atoms with E-state index in [0.29, 0.717) is 22.2 Å². The molecule has 2 aromatic rings. The van der Waals surface area contributed by atoms with Gasteiger partial charge in [0.05, 0.1) is 22.1 Å². The number of methoxy groups -OCH3 is 1. The van der Waals surface area contributed by atoms with Crippen molar-refractivity contribution in [1.82, 2.24) is 10.2 Å². The third-order valence-electron chi connectivity index (χ3n) is 4.90. The molecule has 0 bridgehead atoms. The van der Waals surface area contributed by atoms with E-state index < -0.39 is 23.5 Å². The molecule has 0 heterocycles. The molecule has 0 aromatic heterocycles. The van der Waals surface area contributed by atoms with Crippen LogP contribution in [0.15, 0.2) is 36.4 Å². The summed E-state index contributed by atoms with van der Waals surface area (Å²) in [6, 6.07) is 8.10. The number of halogens is 2. The molecule has 34 heavy (non-hydrogen) atoms. The number of hydrogen-bond donors (Lipinski definition) is 1. The second-order valence-electron chi connectivity index (χ2n) is 7.96. The molecule has 9 nitrogen and oxygen atoms in total. The van der Waals surface area contributed by atoms with Crippen LogP contribution in [0.5, 0.6) is 11.5 Å². The summed E-state index contributed by atoms with van der Waals surface area (Å²) in [7, 11) is 1.30. The molecular weight excluding hydrogens is 485 g/mol. The van der Waals surface area contributed by atoms with Crippen molar-refractivity contribution in [1.29, 1.82) is 0 Å². The first kappa shape index (κ1) is 27.2. The van der Waals surface area contributed by atoms with Crippen molar-refractivity contribution >= 4 is 40.7 Å². The average Bonchev–Trinajstić information content (AvgIpc) is 2.80. The van der Waals surface area contributed by atoms with Crippen LogP contribution in [-0.4, -0.2) is 47.9 Å². The Balaban J connectivity index is 2.21. The van der Waals surface area contributed by atoms with E-state index in [9.17, 15) is 19.7 Å². The molecule has 2 amide bonds. The van der Waals surface area contributed by atoms with Crippen LogP contribution in [0.2, 0.25) is 10.0 Å². The van der Waals surface area contributed by atoms with Crippen molar-refractivity contribution in [2.45, 2.75) is 33.4 Å². The molecule has 0 aliphatic rings. The lowest BCUT2D eigenvalue weighted by Gasteiger charge is -2.29. The molecule has 0 saturated heterocycles. The van der Waals surface area contributed by atoms with Gasteiger partial charge in [-0.05, 0) is 36.6 Å². The maximum absolute atomic E-state index is 13.1. The molecule has 1 atom stereocenters. The summed E-state index contributed by atoms with van der Waals surface area (Å²) in [4.78, 5) is 37.7. The van der Waals surface area contributed by atoms with Crippen LogP contribution < -0.4 is 14.8 Å². The van der Waals surface area contributed by atoms with Crippen molar-refractivity contribution in [2.24, 2.45) is 5.92 Å². The second-order valence-corrected chi connectivity index (χ2v) is 8.78. The van der Waals surface area contributed by atoms with Gasteiger partial charge in [0.1, 0.15) is 11.8 Å². The summed E-state index contributed by atoms with van der Waals surface area (Å²) < 4.78 is 10.6. The van der Waals surface area contributed by atoms with Gasteiger partial charge in [-0.15, -0.1) is 0 Å². The minimum Gasteiger partial charge on any atom is -0.490 e. The lowest BCUT2D eigenvalue weighted by Crippen LogP contribution is -2.49. The van der Waals surface area contributed by atoms with Gasteiger partial charge in [0.15, 0.2) is 6.61 Å². The highest BCUT2D eigenvalue weighted by molar-refractivity contribution is 6.42. The van der Waals surface area contributed by atoms with Gasteiger partial charge in [-0.2, -0.15) is 0 Å². The SMILES string of the molecule is COc1cc(OCC(=O)N(Cc2ccc(Cl)c(Cl)c2)[C@H](C)C(=O)NCC(C)C)ccc1[N+](=O)[O-]. The zero-order chi connectivity index (χ0) is 25.4. The van der Waals surface area contributed by atoms with Gasteiger partial charge in [0.2, 0.25) is 11.7 Å². The van der Waals surface area contributed by atoms with Gasteiger partial charge in [-0.3, -0.25) is 19.7 Å². The summed E-state index contributed by atoms with van der Waals surface area (Å²) in [5.74, 6) is -0.309. The van der Waals surface area contributed by atoms with Gasteiger partial charge in [-0.25, -0.2) is 0 Å². The van der Waals surface area contributed by atoms with Crippen molar-refractivity contribution in [3.63, 3.8) is 0 Å². The number of rotatable bonds is 11. The summed E-state index contributed by atoms with van der Waals surface area (Å²) in [6.45, 7) is 5.73. The molecule has 0 radical (unpaired) electrons. The van der Waals surface area contributed by atoms with Crippen LogP contribution in [0, 0.1) is 16.0 Å². The van der Waals surface area contributed by atoms with Crippen molar-refractivity contribution < 1.29 is 24.0 Å². The minimum atomic E-state index is -0.796. The zero-order valence-electron chi connectivity index (χ0n) is 19.3. The monoisotopic (exact) mass is 511 g/mol. The first-order valence-corrected chi connectivity index (χ1v) is 11.2. The number of nitro groups is 1. The molecule has 2 rings (SSSR count). The lowest BCUT2D eigenvalue weighted by atomic mass is 10.1. The van der Waals surface area contributed by atoms with Gasteiger partial charge in [0, 0.05) is 25.2 Å². The fourth-order valence-corrected chi connectivity index (χ4v) is 3.32. The Kier molecular flexibility index (Phi) is 9.95. The van der Waals surface area contributed by atoms with E-state index in [-0.39, 0.29) is 35.6 Å². The van der Waals surface area contributed by atoms with Gasteiger partial charge >= 0.3 is 5.69 Å². The third kappa shape index (κ3) is 7.50. The Morgan fingerprint density at radius 3 is 2.41 bits per heavy atom. The van der Waals surface area contributed by atoms with E-state index in [1.165, 1.54) is 30.2 Å². The second kappa shape index (κ2) is 12.4. The van der Waals surface area contributed by atoms with Crippen LogP contribution in [0.4, 0.5) is 5.69 Å². The number of benzene rings is 2. The fourth-order valence-electron chi connectivity index (χ4n) is 3.00. The van der Waals surface area contributed by atoms with E-state index in [1.807, 2.05) is 13.8 Å². The quantitative estimate of drug-likeness (QED) is 0.351. The molecule has 2 aromatic carbocycles. The maximum Gasteiger partial charge on any atom is 0.311 e. The van der Waals surface area contributed by atoms with Crippen LogP contribution in [0.3, 0.4) is 0 Å². The Morgan fingerprint density at radius 2 is 1.82 bits per heavy atom. The van der Waals surface area contributed by atoms with Gasteiger partial charge in [0.25, 0.3) is 5.91 Å². The van der Waals surface area contributed by atoms with E-state index in [2.05, 4.69) is 5.32 Å². The van der Waals surface area contributed by atoms with Crippen molar-refractivity contribution in [3.8, 4) is 11.5 Å². The number of amides is 2. The van der Waals surface area contributed by atoms with Crippen molar-refractivity contribution in [2.75, 3.05) is 20.3 Å². The minimum absolute atomic E-state index is 0.00374. The number of carbonyl (C=O) groups is 2. The number of hydrogen-bond acceptors (Lipinski definition) is 6. The highest BCUT2D eigenvalue weighted by Crippen LogP contribution is 2.31. The van der Waals surface area contributed by atoms with Crippen molar-refractivity contribution in [3.05, 3.63) is 62.1 Å². The van der Waals surface area contributed by atoms with Gasteiger partial charge < -0.3 is 19.7 Å². The first-order chi connectivity index (χ1) is 16.0. The largest absolute Gasteiger partial charge is 0.490 e. The highest BCUT2D eigenvalue weighted by atomic mass is 35.5.